The summed E-state index contributed by atoms with van der Waals surface area (Å²) in [5, 5.41) is 9.66. The second-order valence-electron chi connectivity index (χ2n) is 4.06. The van der Waals surface area contributed by atoms with E-state index in [9.17, 15) is 9.90 Å². The highest BCUT2D eigenvalue weighted by Crippen LogP contribution is 2.19. The second kappa shape index (κ2) is 6.37. The molecule has 0 heterocycles. The Kier molecular flexibility index (Phi) is 5.12. The van der Waals surface area contributed by atoms with E-state index in [1.165, 1.54) is 6.92 Å². The lowest BCUT2D eigenvalue weighted by Crippen LogP contribution is -2.32. The Morgan fingerprint density at radius 3 is 2.71 bits per heavy atom. The van der Waals surface area contributed by atoms with Crippen LogP contribution in [0.2, 0.25) is 0 Å². The molecule has 1 aromatic rings. The van der Waals surface area contributed by atoms with Crippen molar-refractivity contribution in [2.24, 2.45) is 0 Å². The molecule has 0 aromatic heterocycles. The highest BCUT2D eigenvalue weighted by Gasteiger charge is 2.13. The summed E-state index contributed by atoms with van der Waals surface area (Å²) in [5.74, 6) is 0.0219. The molecule has 0 bridgehead atoms. The first-order chi connectivity index (χ1) is 8.06. The fraction of sp³-hybridized carbons (Fsp3) is 0.462. The molecule has 17 heavy (non-hydrogen) atoms. The molecule has 0 spiro atoms. The lowest BCUT2D eigenvalue weighted by atomic mass is 10.1. The third-order valence-electron chi connectivity index (χ3n) is 2.54. The summed E-state index contributed by atoms with van der Waals surface area (Å²) < 4.78 is 4.87. The Hall–Kier alpha value is -1.39. The summed E-state index contributed by atoms with van der Waals surface area (Å²) in [4.78, 5) is 13.3. The van der Waals surface area contributed by atoms with Crippen LogP contribution in [0.1, 0.15) is 17.3 Å². The van der Waals surface area contributed by atoms with Crippen LogP contribution in [0.15, 0.2) is 24.3 Å². The maximum atomic E-state index is 11.5. The monoisotopic (exact) mass is 237 g/mol. The van der Waals surface area contributed by atoms with Gasteiger partial charge in [0, 0.05) is 32.0 Å². The minimum Gasteiger partial charge on any atom is -0.389 e. The zero-order valence-electron chi connectivity index (χ0n) is 10.5. The topological polar surface area (TPSA) is 49.8 Å². The fourth-order valence-corrected chi connectivity index (χ4v) is 1.76. The molecule has 0 aliphatic carbocycles. The lowest BCUT2D eigenvalue weighted by molar-refractivity contribution is 0.0694. The highest BCUT2D eigenvalue weighted by molar-refractivity contribution is 5.99. The van der Waals surface area contributed by atoms with Crippen molar-refractivity contribution in [3.05, 3.63) is 29.8 Å². The summed E-state index contributed by atoms with van der Waals surface area (Å²) in [6, 6.07) is 7.37. The Morgan fingerprint density at radius 2 is 2.12 bits per heavy atom. The normalized spacial score (nSPS) is 12.2. The van der Waals surface area contributed by atoms with Crippen LogP contribution in [0.3, 0.4) is 0 Å². The van der Waals surface area contributed by atoms with Crippen molar-refractivity contribution >= 4 is 11.5 Å². The molecule has 4 nitrogen and oxygen atoms in total. The van der Waals surface area contributed by atoms with Gasteiger partial charge in [-0.2, -0.15) is 0 Å². The Bertz CT molecular complexity index is 379. The highest BCUT2D eigenvalue weighted by atomic mass is 16.5. The molecule has 0 aliphatic heterocycles. The first-order valence-corrected chi connectivity index (χ1v) is 5.54. The van der Waals surface area contributed by atoms with Crippen LogP contribution in [0.4, 0.5) is 5.69 Å². The van der Waals surface area contributed by atoms with E-state index in [-0.39, 0.29) is 12.4 Å². The molecule has 0 fully saturated rings. The first-order valence-electron chi connectivity index (χ1n) is 5.54. The Morgan fingerprint density at radius 1 is 1.47 bits per heavy atom. The zero-order chi connectivity index (χ0) is 12.8. The molecule has 94 valence electrons. The van der Waals surface area contributed by atoms with Gasteiger partial charge in [0.25, 0.3) is 0 Å². The number of Topliss-reactive ketones (excluding diaryl/α,β-unsaturated/α-hetero) is 1. The van der Waals surface area contributed by atoms with Gasteiger partial charge < -0.3 is 14.7 Å². The predicted molar refractivity (Wildman–Crippen MR) is 67.6 cm³/mol. The number of aliphatic hydroxyl groups is 1. The van der Waals surface area contributed by atoms with Gasteiger partial charge >= 0.3 is 0 Å². The van der Waals surface area contributed by atoms with E-state index < -0.39 is 6.10 Å². The van der Waals surface area contributed by atoms with Crippen molar-refractivity contribution in [2.75, 3.05) is 32.2 Å². The molecule has 1 atom stereocenters. The largest absolute Gasteiger partial charge is 0.389 e. The van der Waals surface area contributed by atoms with Crippen LogP contribution in [0.25, 0.3) is 0 Å². The van der Waals surface area contributed by atoms with E-state index in [1.54, 1.807) is 13.2 Å². The van der Waals surface area contributed by atoms with Gasteiger partial charge in [-0.3, -0.25) is 4.79 Å². The average molecular weight is 237 g/mol. The smallest absolute Gasteiger partial charge is 0.161 e. The van der Waals surface area contributed by atoms with Crippen LogP contribution in [0, 0.1) is 0 Å². The molecule has 1 rings (SSSR count). The van der Waals surface area contributed by atoms with Gasteiger partial charge in [-0.25, -0.2) is 0 Å². The number of hydrogen-bond acceptors (Lipinski definition) is 4. The number of nitrogens with zero attached hydrogens (tertiary/aromatic N) is 1. The number of para-hydroxylation sites is 1. The van der Waals surface area contributed by atoms with Gasteiger partial charge in [0.15, 0.2) is 5.78 Å². The Labute approximate surface area is 102 Å². The van der Waals surface area contributed by atoms with Crippen LogP contribution in [-0.2, 0) is 4.74 Å². The summed E-state index contributed by atoms with van der Waals surface area (Å²) >= 11 is 0. The molecule has 1 N–H and O–H groups in total. The number of anilines is 1. The van der Waals surface area contributed by atoms with E-state index in [2.05, 4.69) is 0 Å². The molecule has 0 radical (unpaired) electrons. The van der Waals surface area contributed by atoms with E-state index in [0.717, 1.165) is 5.69 Å². The lowest BCUT2D eigenvalue weighted by Gasteiger charge is -2.24. The number of aliphatic hydroxyl groups excluding tert-OH is 1. The molecule has 1 aromatic carbocycles. The number of rotatable bonds is 6. The van der Waals surface area contributed by atoms with Crippen LogP contribution in [0.5, 0.6) is 0 Å². The predicted octanol–water partition coefficient (Wildman–Crippen LogP) is 1.33. The number of carbonyl (C=O) groups excluding carboxylic acids is 1. The maximum Gasteiger partial charge on any atom is 0.161 e. The number of likely N-dealkylation sites (N-methyl/N-ethyl adjacent to an activating group) is 1. The minimum atomic E-state index is -0.565. The molecular weight excluding hydrogens is 218 g/mol. The zero-order valence-corrected chi connectivity index (χ0v) is 10.5. The summed E-state index contributed by atoms with van der Waals surface area (Å²) in [5.41, 5.74) is 1.50. The Balaban J connectivity index is 2.81. The SMILES string of the molecule is COCC(O)CN(C)c1ccccc1C(C)=O. The van der Waals surface area contributed by atoms with Crippen LogP contribution >= 0.6 is 0 Å². The van der Waals surface area contributed by atoms with Crippen molar-refractivity contribution in [1.29, 1.82) is 0 Å². The van der Waals surface area contributed by atoms with Gasteiger partial charge in [-0.1, -0.05) is 12.1 Å². The third kappa shape index (κ3) is 3.84. The fourth-order valence-electron chi connectivity index (χ4n) is 1.76. The molecule has 0 aliphatic rings. The number of benzene rings is 1. The van der Waals surface area contributed by atoms with Crippen molar-refractivity contribution in [1.82, 2.24) is 0 Å². The summed E-state index contributed by atoms with van der Waals surface area (Å²) in [6.07, 6.45) is -0.565. The van der Waals surface area contributed by atoms with Gasteiger partial charge in [-0.05, 0) is 19.1 Å². The van der Waals surface area contributed by atoms with Crippen molar-refractivity contribution < 1.29 is 14.6 Å². The number of hydrogen-bond donors (Lipinski definition) is 1. The molecular formula is C13H19NO3. The maximum absolute atomic E-state index is 11.5. The van der Waals surface area contributed by atoms with Gasteiger partial charge in [0.05, 0.1) is 12.7 Å². The van der Waals surface area contributed by atoms with Crippen LogP contribution in [-0.4, -0.2) is 44.3 Å². The quantitative estimate of drug-likeness (QED) is 0.758. The van der Waals surface area contributed by atoms with Gasteiger partial charge in [0.2, 0.25) is 0 Å². The second-order valence-corrected chi connectivity index (χ2v) is 4.06. The number of ketones is 1. The summed E-state index contributed by atoms with van der Waals surface area (Å²) in [7, 11) is 3.40. The molecule has 0 saturated carbocycles. The standard InChI is InChI=1S/C13H19NO3/c1-10(15)12-6-4-5-7-13(12)14(2)8-11(16)9-17-3/h4-7,11,16H,8-9H2,1-3H3. The minimum absolute atomic E-state index is 0.0219. The van der Waals surface area contributed by atoms with Gasteiger partial charge in [0.1, 0.15) is 0 Å². The van der Waals surface area contributed by atoms with E-state index >= 15 is 0 Å². The molecule has 0 amide bonds. The number of ether oxygens (including phenoxy) is 1. The van der Waals surface area contributed by atoms with Gasteiger partial charge in [-0.15, -0.1) is 0 Å². The third-order valence-corrected chi connectivity index (χ3v) is 2.54. The van der Waals surface area contributed by atoms with E-state index in [4.69, 9.17) is 4.74 Å². The van der Waals surface area contributed by atoms with Crippen molar-refractivity contribution in [3.8, 4) is 0 Å². The van der Waals surface area contributed by atoms with Crippen molar-refractivity contribution in [2.45, 2.75) is 13.0 Å². The van der Waals surface area contributed by atoms with E-state index in [0.29, 0.717) is 12.1 Å². The molecule has 1 unspecified atom stereocenters. The van der Waals surface area contributed by atoms with E-state index in [1.807, 2.05) is 30.1 Å². The summed E-state index contributed by atoms with van der Waals surface area (Å²) in [6.45, 7) is 2.25. The molecule has 4 heteroatoms. The van der Waals surface area contributed by atoms with Crippen LogP contribution < -0.4 is 4.90 Å². The average Bonchev–Trinajstić information content (AvgIpc) is 2.29. The molecule has 0 saturated heterocycles. The number of carbonyl (C=O) groups is 1. The number of methoxy groups -OCH3 is 1. The first kappa shape index (κ1) is 13.7. The van der Waals surface area contributed by atoms with Crippen molar-refractivity contribution in [3.63, 3.8) is 0 Å².